The first-order valence-corrected chi connectivity index (χ1v) is 15.7. The van der Waals surface area contributed by atoms with Crippen molar-refractivity contribution in [1.29, 1.82) is 0 Å². The minimum absolute atomic E-state index is 0.150. The number of ether oxygens (including phenoxy) is 1. The lowest BCUT2D eigenvalue weighted by molar-refractivity contribution is -0.138. The smallest absolute Gasteiger partial charge is 0.254 e. The van der Waals surface area contributed by atoms with Crippen LogP contribution in [0.1, 0.15) is 48.5 Å². The molecule has 2 aliphatic carbocycles. The predicted octanol–water partition coefficient (Wildman–Crippen LogP) is 4.91. The van der Waals surface area contributed by atoms with Gasteiger partial charge in [0.15, 0.2) is 27.0 Å². The lowest BCUT2D eigenvalue weighted by atomic mass is 9.56. The number of benzene rings is 2. The molecule has 12 heteroatoms. The average Bonchev–Trinajstić information content (AvgIpc) is 3.32. The number of phenolic OH excluding ortho intramolecular Hbond substituents is 1. The Labute approximate surface area is 265 Å². The fraction of sp³-hybridized carbons (Fsp3) is 0.387. The third-order valence-electron chi connectivity index (χ3n) is 9.19. The summed E-state index contributed by atoms with van der Waals surface area (Å²) in [6, 6.07) is 11.0. The number of ketones is 1. The van der Waals surface area contributed by atoms with Crippen LogP contribution in [0.3, 0.4) is 0 Å². The zero-order chi connectivity index (χ0) is 31.0. The summed E-state index contributed by atoms with van der Waals surface area (Å²) in [5, 5.41) is 11.4. The van der Waals surface area contributed by atoms with Gasteiger partial charge in [0, 0.05) is 17.0 Å². The maximum Gasteiger partial charge on any atom is 0.254 e. The van der Waals surface area contributed by atoms with Gasteiger partial charge in [-0.05, 0) is 62.9 Å². The van der Waals surface area contributed by atoms with Gasteiger partial charge in [0.05, 0.1) is 29.6 Å². The molecule has 43 heavy (non-hydrogen) atoms. The maximum absolute atomic E-state index is 14.1. The monoisotopic (exact) mass is 688 g/mol. The van der Waals surface area contributed by atoms with Crippen molar-refractivity contribution in [3.63, 3.8) is 0 Å². The summed E-state index contributed by atoms with van der Waals surface area (Å²) < 4.78 is 5.61. The molecular formula is C31H27BrCl2N2O7. The van der Waals surface area contributed by atoms with Gasteiger partial charge in [0.2, 0.25) is 11.8 Å². The number of rotatable bonds is 6. The molecule has 0 spiro atoms. The number of fused-ring (bicyclic) bond motifs is 4. The normalized spacial score (nSPS) is 31.5. The van der Waals surface area contributed by atoms with Gasteiger partial charge in [-0.3, -0.25) is 33.8 Å². The van der Waals surface area contributed by atoms with Gasteiger partial charge in [0.25, 0.3) is 11.8 Å². The molecule has 1 saturated carbocycles. The lowest BCUT2D eigenvalue weighted by Gasteiger charge is -2.50. The molecule has 0 aromatic heterocycles. The molecular weight excluding hydrogens is 663 g/mol. The van der Waals surface area contributed by atoms with E-state index in [1.807, 2.05) is 0 Å². The Balaban J connectivity index is 1.50. The Morgan fingerprint density at radius 1 is 1.05 bits per heavy atom. The highest BCUT2D eigenvalue weighted by Gasteiger charge is 2.76. The number of anilines is 1. The van der Waals surface area contributed by atoms with Crippen LogP contribution in [0.5, 0.6) is 11.5 Å². The number of aromatic hydroxyl groups is 1. The molecule has 9 nitrogen and oxygen atoms in total. The highest BCUT2D eigenvalue weighted by atomic mass is 79.9. The molecule has 2 heterocycles. The van der Waals surface area contributed by atoms with E-state index >= 15 is 0 Å². The van der Waals surface area contributed by atoms with Gasteiger partial charge in [-0.2, -0.15) is 0 Å². The van der Waals surface area contributed by atoms with E-state index in [4.69, 9.17) is 27.9 Å². The lowest BCUT2D eigenvalue weighted by Crippen LogP contribution is -2.60. The average molecular weight is 690 g/mol. The van der Waals surface area contributed by atoms with E-state index in [1.54, 1.807) is 55.5 Å². The van der Waals surface area contributed by atoms with Crippen LogP contribution in [0.4, 0.5) is 5.69 Å². The molecule has 0 bridgehead atoms. The van der Waals surface area contributed by atoms with Crippen LogP contribution >= 0.6 is 39.1 Å². The number of para-hydroxylation sites is 1. The fourth-order valence-electron chi connectivity index (χ4n) is 7.24. The number of imide groups is 2. The number of likely N-dealkylation sites (tertiary alicyclic amines) is 1. The first-order valence-electron chi connectivity index (χ1n) is 13.9. The van der Waals surface area contributed by atoms with Crippen molar-refractivity contribution >= 4 is 74.2 Å². The summed E-state index contributed by atoms with van der Waals surface area (Å²) in [6.07, 6.45) is 1.81. The third-order valence-corrected chi connectivity index (χ3v) is 11.1. The van der Waals surface area contributed by atoms with E-state index in [2.05, 4.69) is 15.9 Å². The number of halogens is 3. The van der Waals surface area contributed by atoms with E-state index in [0.717, 1.165) is 9.80 Å². The molecule has 2 saturated heterocycles. The van der Waals surface area contributed by atoms with Gasteiger partial charge < -0.3 is 9.84 Å². The molecule has 6 rings (SSSR count). The summed E-state index contributed by atoms with van der Waals surface area (Å²) in [4.78, 5) is 65.3. The zero-order valence-electron chi connectivity index (χ0n) is 23.2. The predicted molar refractivity (Wildman–Crippen MR) is 162 cm³/mol. The van der Waals surface area contributed by atoms with E-state index in [-0.39, 0.29) is 47.7 Å². The van der Waals surface area contributed by atoms with Crippen LogP contribution in [-0.2, 0) is 19.2 Å². The van der Waals surface area contributed by atoms with E-state index in [9.17, 15) is 29.1 Å². The molecule has 6 atom stereocenters. The number of hydrogen-bond acceptors (Lipinski definition) is 7. The SMILES string of the molecule is CCOc1cccc(C2C3=CCC4C(=O)N(c5ccc(C(C)=O)cc5)C(=O)C4C3CC3(Cl)C(=O)N(CBr)C(=O)C23Cl)c1O. The van der Waals surface area contributed by atoms with Crippen molar-refractivity contribution in [2.45, 2.75) is 42.4 Å². The number of amides is 4. The molecule has 2 aromatic carbocycles. The van der Waals surface area contributed by atoms with E-state index in [1.165, 1.54) is 6.92 Å². The Kier molecular flexibility index (Phi) is 7.26. The molecule has 3 fully saturated rings. The van der Waals surface area contributed by atoms with Crippen molar-refractivity contribution in [3.05, 3.63) is 65.2 Å². The third kappa shape index (κ3) is 3.98. The Bertz CT molecular complexity index is 1630. The summed E-state index contributed by atoms with van der Waals surface area (Å²) >= 11 is 17.7. The van der Waals surface area contributed by atoms with Gasteiger partial charge in [-0.25, -0.2) is 0 Å². The van der Waals surface area contributed by atoms with Crippen LogP contribution < -0.4 is 9.64 Å². The molecule has 0 radical (unpaired) electrons. The summed E-state index contributed by atoms with van der Waals surface area (Å²) in [5.41, 5.74) is 1.41. The highest BCUT2D eigenvalue weighted by molar-refractivity contribution is 9.09. The molecule has 4 amide bonds. The second-order valence-electron chi connectivity index (χ2n) is 11.2. The number of phenols is 1. The van der Waals surface area contributed by atoms with Crippen molar-refractivity contribution in [3.8, 4) is 11.5 Å². The van der Waals surface area contributed by atoms with Gasteiger partial charge in [-0.1, -0.05) is 39.7 Å². The zero-order valence-corrected chi connectivity index (χ0v) is 26.3. The Hall–Kier alpha value is -3.21. The maximum atomic E-state index is 14.1. The van der Waals surface area contributed by atoms with Crippen LogP contribution in [0.25, 0.3) is 0 Å². The van der Waals surface area contributed by atoms with Gasteiger partial charge >= 0.3 is 0 Å². The van der Waals surface area contributed by atoms with Crippen LogP contribution in [0, 0.1) is 17.8 Å². The highest BCUT2D eigenvalue weighted by Crippen LogP contribution is 2.66. The number of carbonyl (C=O) groups excluding carboxylic acids is 5. The number of hydrogen-bond donors (Lipinski definition) is 1. The Morgan fingerprint density at radius 2 is 1.74 bits per heavy atom. The quantitative estimate of drug-likeness (QED) is 0.150. The number of carbonyl (C=O) groups is 5. The van der Waals surface area contributed by atoms with Gasteiger partial charge in [0.1, 0.15) is 0 Å². The molecule has 4 aliphatic rings. The number of Topliss-reactive ketones (excluding diaryl/α,β-unsaturated/α-hetero) is 1. The van der Waals surface area contributed by atoms with Crippen LogP contribution in [0.15, 0.2) is 54.1 Å². The molecule has 224 valence electrons. The largest absolute Gasteiger partial charge is 0.504 e. The topological polar surface area (TPSA) is 121 Å². The van der Waals surface area contributed by atoms with E-state index < -0.39 is 57.0 Å². The molecule has 1 N–H and O–H groups in total. The summed E-state index contributed by atoms with van der Waals surface area (Å²) in [5.74, 6) is -6.03. The summed E-state index contributed by atoms with van der Waals surface area (Å²) in [7, 11) is 0. The number of alkyl halides is 3. The minimum atomic E-state index is -2.04. The van der Waals surface area contributed by atoms with Crippen molar-refractivity contribution in [1.82, 2.24) is 4.90 Å². The van der Waals surface area contributed by atoms with Crippen LogP contribution in [-0.4, -0.2) is 61.2 Å². The van der Waals surface area contributed by atoms with Crippen molar-refractivity contribution < 1.29 is 33.8 Å². The fourth-order valence-corrected chi connectivity index (χ4v) is 8.66. The first-order chi connectivity index (χ1) is 20.4. The number of allylic oxidation sites excluding steroid dienone is 2. The second-order valence-corrected chi connectivity index (χ2v) is 13.0. The van der Waals surface area contributed by atoms with Crippen LogP contribution in [0.2, 0.25) is 0 Å². The second kappa shape index (κ2) is 10.5. The molecule has 2 aliphatic heterocycles. The molecule has 2 aromatic rings. The Morgan fingerprint density at radius 3 is 2.37 bits per heavy atom. The minimum Gasteiger partial charge on any atom is -0.504 e. The standard InChI is InChI=1S/C31H27BrCl2N2O7/c1-3-43-22-6-4-5-20(25(22)38)24-18-11-12-19-23(21(18)13-30(33)28(41)35(14-32)29(42)31(24,30)34)27(40)36(26(19)39)17-9-7-16(8-10-17)15(2)37/h4-11,19,21,23-24,38H,3,12-14H2,1-2H3. The first kappa shape index (κ1) is 29.8. The summed E-state index contributed by atoms with van der Waals surface area (Å²) in [6.45, 7) is 3.44. The molecule has 6 unspecified atom stereocenters. The van der Waals surface area contributed by atoms with Gasteiger partial charge in [-0.15, -0.1) is 23.2 Å². The number of nitrogens with zero attached hydrogens (tertiary/aromatic N) is 2. The van der Waals surface area contributed by atoms with Crippen molar-refractivity contribution in [2.75, 3.05) is 17.0 Å². The van der Waals surface area contributed by atoms with Crippen molar-refractivity contribution in [2.24, 2.45) is 17.8 Å². The van der Waals surface area contributed by atoms with E-state index in [0.29, 0.717) is 16.8 Å².